The van der Waals surface area contributed by atoms with Gasteiger partial charge in [0.05, 0.1) is 11.4 Å². The van der Waals surface area contributed by atoms with E-state index in [2.05, 4.69) is 15.4 Å². The molecule has 32 heavy (non-hydrogen) atoms. The van der Waals surface area contributed by atoms with Crippen LogP contribution >= 0.6 is 0 Å². The van der Waals surface area contributed by atoms with E-state index in [-0.39, 0.29) is 11.8 Å². The van der Waals surface area contributed by atoms with Gasteiger partial charge < -0.3 is 10.2 Å². The summed E-state index contributed by atoms with van der Waals surface area (Å²) in [4.78, 5) is 31.6. The number of fused-ring (bicyclic) bond motifs is 1. The van der Waals surface area contributed by atoms with Crippen molar-refractivity contribution in [2.24, 2.45) is 0 Å². The lowest BCUT2D eigenvalue weighted by Gasteiger charge is -2.15. The molecule has 5 rings (SSSR count). The molecule has 0 aliphatic carbocycles. The monoisotopic (exact) mass is 425 g/mol. The van der Waals surface area contributed by atoms with Gasteiger partial charge in [-0.1, -0.05) is 6.07 Å². The smallest absolute Gasteiger partial charge is 0.274 e. The van der Waals surface area contributed by atoms with E-state index in [1.165, 1.54) is 0 Å². The van der Waals surface area contributed by atoms with Crippen molar-refractivity contribution in [3.05, 3.63) is 83.9 Å². The highest BCUT2D eigenvalue weighted by molar-refractivity contribution is 6.04. The summed E-state index contributed by atoms with van der Waals surface area (Å²) < 4.78 is 1.65. The molecule has 1 N–H and O–H groups in total. The number of anilines is 1. The average molecular weight is 425 g/mol. The zero-order valence-corrected chi connectivity index (χ0v) is 17.8. The molecule has 0 radical (unpaired) electrons. The number of pyridine rings is 1. The highest BCUT2D eigenvalue weighted by atomic mass is 16.2. The number of carbonyl (C=O) groups is 2. The fraction of sp³-hybridized carbons (Fsp3) is 0.200. The van der Waals surface area contributed by atoms with Crippen LogP contribution in [0.15, 0.2) is 67.0 Å². The predicted octanol–water partition coefficient (Wildman–Crippen LogP) is 4.22. The third kappa shape index (κ3) is 3.85. The normalized spacial score (nSPS) is 13.5. The number of aryl methyl sites for hydroxylation is 1. The molecule has 4 aromatic rings. The lowest BCUT2D eigenvalue weighted by atomic mass is 10.1. The van der Waals surface area contributed by atoms with Crippen molar-refractivity contribution in [2.45, 2.75) is 19.8 Å². The third-order valence-electron chi connectivity index (χ3n) is 5.72. The molecule has 0 unspecified atom stereocenters. The fourth-order valence-corrected chi connectivity index (χ4v) is 4.05. The zero-order valence-electron chi connectivity index (χ0n) is 17.8. The molecule has 0 bridgehead atoms. The number of hydrogen-bond donors (Lipinski definition) is 1. The Labute approximate surface area is 185 Å². The van der Waals surface area contributed by atoms with E-state index in [0.29, 0.717) is 16.9 Å². The van der Waals surface area contributed by atoms with Crippen molar-refractivity contribution in [2.75, 3.05) is 18.4 Å². The van der Waals surface area contributed by atoms with Gasteiger partial charge in [-0.2, -0.15) is 5.10 Å². The summed E-state index contributed by atoms with van der Waals surface area (Å²) in [5.41, 5.74) is 3.25. The van der Waals surface area contributed by atoms with E-state index >= 15 is 0 Å². The van der Waals surface area contributed by atoms with Gasteiger partial charge in [0.2, 0.25) is 0 Å². The summed E-state index contributed by atoms with van der Waals surface area (Å²) in [6, 6.07) is 16.6. The molecule has 7 heteroatoms. The molecule has 2 aromatic carbocycles. The Balaban J connectivity index is 1.37. The SMILES string of the molecule is Cc1cc(C(=O)Nc2ccc(C(=O)N3CCCC3)cc2)n(-c2ccc3cnccc3c2)n1. The lowest BCUT2D eigenvalue weighted by molar-refractivity contribution is 0.0792. The lowest BCUT2D eigenvalue weighted by Crippen LogP contribution is -2.27. The Morgan fingerprint density at radius 3 is 2.50 bits per heavy atom. The second kappa shape index (κ2) is 8.26. The second-order valence-electron chi connectivity index (χ2n) is 8.02. The van der Waals surface area contributed by atoms with Crippen molar-refractivity contribution in [3.8, 4) is 5.69 Å². The largest absolute Gasteiger partial charge is 0.339 e. The Morgan fingerprint density at radius 2 is 1.72 bits per heavy atom. The first-order chi connectivity index (χ1) is 15.6. The van der Waals surface area contributed by atoms with Gasteiger partial charge in [0.25, 0.3) is 11.8 Å². The number of aromatic nitrogens is 3. The zero-order chi connectivity index (χ0) is 22.1. The molecule has 160 valence electrons. The van der Waals surface area contributed by atoms with Gasteiger partial charge in [-0.15, -0.1) is 0 Å². The minimum Gasteiger partial charge on any atom is -0.339 e. The van der Waals surface area contributed by atoms with E-state index in [1.54, 1.807) is 47.4 Å². The highest BCUT2D eigenvalue weighted by Gasteiger charge is 2.20. The van der Waals surface area contributed by atoms with Crippen LogP contribution in [0.1, 0.15) is 39.4 Å². The van der Waals surface area contributed by atoms with Crippen LogP contribution in [0, 0.1) is 6.92 Å². The summed E-state index contributed by atoms with van der Waals surface area (Å²) in [7, 11) is 0. The molecular formula is C25H23N5O2. The molecule has 2 amide bonds. The van der Waals surface area contributed by atoms with E-state index in [9.17, 15) is 9.59 Å². The van der Waals surface area contributed by atoms with Crippen LogP contribution in [0.5, 0.6) is 0 Å². The molecule has 0 spiro atoms. The first kappa shape index (κ1) is 19.9. The van der Waals surface area contributed by atoms with Crippen LogP contribution in [0.4, 0.5) is 5.69 Å². The predicted molar refractivity (Wildman–Crippen MR) is 123 cm³/mol. The number of amides is 2. The molecule has 1 fully saturated rings. The van der Waals surface area contributed by atoms with Gasteiger partial charge >= 0.3 is 0 Å². The van der Waals surface area contributed by atoms with Gasteiger partial charge in [-0.25, -0.2) is 4.68 Å². The maximum atomic E-state index is 13.1. The van der Waals surface area contributed by atoms with Gasteiger partial charge in [0, 0.05) is 42.1 Å². The molecular weight excluding hydrogens is 402 g/mol. The molecule has 3 heterocycles. The summed E-state index contributed by atoms with van der Waals surface area (Å²) in [5.74, 6) is -0.223. The summed E-state index contributed by atoms with van der Waals surface area (Å²) in [6.07, 6.45) is 5.66. The molecule has 0 atom stereocenters. The maximum absolute atomic E-state index is 13.1. The van der Waals surface area contributed by atoms with Gasteiger partial charge in [-0.3, -0.25) is 14.6 Å². The van der Waals surface area contributed by atoms with Gasteiger partial charge in [-0.05, 0) is 73.7 Å². The number of hydrogen-bond acceptors (Lipinski definition) is 4. The van der Waals surface area contributed by atoms with Gasteiger partial charge in [0.15, 0.2) is 0 Å². The van der Waals surface area contributed by atoms with Crippen LogP contribution < -0.4 is 5.32 Å². The maximum Gasteiger partial charge on any atom is 0.274 e. The first-order valence-electron chi connectivity index (χ1n) is 10.7. The number of carbonyl (C=O) groups excluding carboxylic acids is 2. The van der Waals surface area contributed by atoms with Gasteiger partial charge in [0.1, 0.15) is 5.69 Å². The van der Waals surface area contributed by atoms with Crippen LogP contribution in [0.25, 0.3) is 16.5 Å². The number of rotatable bonds is 4. The molecule has 2 aromatic heterocycles. The van der Waals surface area contributed by atoms with Crippen molar-refractivity contribution in [3.63, 3.8) is 0 Å². The molecule has 1 saturated heterocycles. The number of nitrogens with zero attached hydrogens (tertiary/aromatic N) is 4. The van der Waals surface area contributed by atoms with Crippen LogP contribution in [0.3, 0.4) is 0 Å². The molecule has 0 saturated carbocycles. The average Bonchev–Trinajstić information content (AvgIpc) is 3.49. The van der Waals surface area contributed by atoms with E-state index in [1.807, 2.05) is 36.1 Å². The van der Waals surface area contributed by atoms with E-state index in [0.717, 1.165) is 48.1 Å². The Bertz CT molecular complexity index is 1300. The van der Waals surface area contributed by atoms with Crippen LogP contribution in [0.2, 0.25) is 0 Å². The first-order valence-corrected chi connectivity index (χ1v) is 10.7. The summed E-state index contributed by atoms with van der Waals surface area (Å²) in [6.45, 7) is 3.48. The van der Waals surface area contributed by atoms with Crippen molar-refractivity contribution in [1.29, 1.82) is 0 Å². The van der Waals surface area contributed by atoms with Crippen LogP contribution in [-0.4, -0.2) is 44.6 Å². The molecule has 7 nitrogen and oxygen atoms in total. The minimum atomic E-state index is -0.265. The standard InChI is InChI=1S/C25H23N5O2/c1-17-14-23(30(28-17)22-9-6-20-16-26-11-10-19(20)15-22)24(31)27-21-7-4-18(5-8-21)25(32)29-12-2-3-13-29/h4-11,14-16H,2-3,12-13H2,1H3,(H,27,31). The summed E-state index contributed by atoms with van der Waals surface area (Å²) >= 11 is 0. The molecule has 1 aliphatic heterocycles. The van der Waals surface area contributed by atoms with E-state index < -0.39 is 0 Å². The third-order valence-corrected chi connectivity index (χ3v) is 5.72. The second-order valence-corrected chi connectivity index (χ2v) is 8.02. The molecule has 1 aliphatic rings. The fourth-order valence-electron chi connectivity index (χ4n) is 4.05. The van der Waals surface area contributed by atoms with E-state index in [4.69, 9.17) is 0 Å². The minimum absolute atomic E-state index is 0.0422. The van der Waals surface area contributed by atoms with Crippen LogP contribution in [-0.2, 0) is 0 Å². The number of benzene rings is 2. The number of nitrogens with one attached hydrogen (secondary N) is 1. The topological polar surface area (TPSA) is 80.1 Å². The van der Waals surface area contributed by atoms with Crippen molar-refractivity contribution >= 4 is 28.3 Å². The summed E-state index contributed by atoms with van der Waals surface area (Å²) in [5, 5.41) is 9.49. The van der Waals surface area contributed by atoms with Crippen molar-refractivity contribution < 1.29 is 9.59 Å². The Hall–Kier alpha value is -4.00. The van der Waals surface area contributed by atoms with Crippen molar-refractivity contribution in [1.82, 2.24) is 19.7 Å². The number of likely N-dealkylation sites (tertiary alicyclic amines) is 1. The Kier molecular flexibility index (Phi) is 5.15. The Morgan fingerprint density at radius 1 is 0.938 bits per heavy atom. The highest BCUT2D eigenvalue weighted by Crippen LogP contribution is 2.21. The quantitative estimate of drug-likeness (QED) is 0.531.